The molecule has 3 nitrogen and oxygen atoms in total. The Morgan fingerprint density at radius 2 is 2.00 bits per heavy atom. The average Bonchev–Trinajstić information content (AvgIpc) is 2.34. The molecule has 1 saturated heterocycles. The first-order chi connectivity index (χ1) is 7.88. The molecule has 0 radical (unpaired) electrons. The van der Waals surface area contributed by atoms with Crippen LogP contribution in [-0.4, -0.2) is 37.1 Å². The van der Waals surface area contributed by atoms with Crippen LogP contribution in [0.2, 0.25) is 0 Å². The fourth-order valence-corrected chi connectivity index (χ4v) is 2.24. The first-order valence-corrected chi connectivity index (χ1v) is 6.73. The van der Waals surface area contributed by atoms with Crippen molar-refractivity contribution in [3.05, 3.63) is 0 Å². The van der Waals surface area contributed by atoms with E-state index in [1.54, 1.807) is 0 Å². The van der Waals surface area contributed by atoms with Crippen molar-refractivity contribution < 1.29 is 0 Å². The quantitative estimate of drug-likeness (QED) is 0.672. The molecule has 1 aliphatic rings. The van der Waals surface area contributed by atoms with Gasteiger partial charge in [-0.1, -0.05) is 39.0 Å². The van der Waals surface area contributed by atoms with Crippen molar-refractivity contribution in [2.45, 2.75) is 51.5 Å². The molecule has 1 fully saturated rings. The number of nitriles is 1. The van der Waals surface area contributed by atoms with Gasteiger partial charge in [-0.3, -0.25) is 4.90 Å². The van der Waals surface area contributed by atoms with Crippen LogP contribution in [0.1, 0.15) is 45.4 Å². The second kappa shape index (κ2) is 8.55. The fraction of sp³-hybridized carbons (Fsp3) is 0.923. The predicted octanol–water partition coefficient (Wildman–Crippen LogP) is 2.14. The molecule has 0 aliphatic carbocycles. The van der Waals surface area contributed by atoms with Gasteiger partial charge in [0.2, 0.25) is 0 Å². The second-order valence-corrected chi connectivity index (χ2v) is 4.65. The van der Waals surface area contributed by atoms with Gasteiger partial charge < -0.3 is 5.32 Å². The van der Waals surface area contributed by atoms with E-state index in [0.717, 1.165) is 26.2 Å². The monoisotopic (exact) mass is 223 g/mol. The van der Waals surface area contributed by atoms with Crippen LogP contribution < -0.4 is 5.32 Å². The highest BCUT2D eigenvalue weighted by Crippen LogP contribution is 2.08. The SMILES string of the molecule is CCCCCCCCN1CCNCC1C#N. The average molecular weight is 223 g/mol. The van der Waals surface area contributed by atoms with E-state index >= 15 is 0 Å². The van der Waals surface area contributed by atoms with Gasteiger partial charge in [-0.05, 0) is 13.0 Å². The normalized spacial score (nSPS) is 21.9. The lowest BCUT2D eigenvalue weighted by atomic mass is 10.1. The van der Waals surface area contributed by atoms with Crippen molar-refractivity contribution in [3.63, 3.8) is 0 Å². The molecule has 92 valence electrons. The highest BCUT2D eigenvalue weighted by molar-refractivity contribution is 4.95. The number of rotatable bonds is 7. The van der Waals surface area contributed by atoms with Gasteiger partial charge in [-0.25, -0.2) is 0 Å². The molecule has 0 bridgehead atoms. The lowest BCUT2D eigenvalue weighted by Crippen LogP contribution is -2.50. The summed E-state index contributed by atoms with van der Waals surface area (Å²) in [4.78, 5) is 2.33. The third-order valence-electron chi connectivity index (χ3n) is 3.30. The molecule has 16 heavy (non-hydrogen) atoms. The van der Waals surface area contributed by atoms with Crippen LogP contribution in [-0.2, 0) is 0 Å². The number of nitrogens with zero attached hydrogens (tertiary/aromatic N) is 2. The third kappa shape index (κ3) is 4.96. The van der Waals surface area contributed by atoms with Crippen LogP contribution in [0, 0.1) is 11.3 Å². The van der Waals surface area contributed by atoms with Gasteiger partial charge in [0.15, 0.2) is 0 Å². The van der Waals surface area contributed by atoms with Gasteiger partial charge in [0.05, 0.1) is 6.07 Å². The van der Waals surface area contributed by atoms with Crippen LogP contribution >= 0.6 is 0 Å². The van der Waals surface area contributed by atoms with E-state index in [2.05, 4.69) is 23.2 Å². The summed E-state index contributed by atoms with van der Waals surface area (Å²) < 4.78 is 0. The van der Waals surface area contributed by atoms with Gasteiger partial charge in [-0.15, -0.1) is 0 Å². The number of nitrogens with one attached hydrogen (secondary N) is 1. The maximum atomic E-state index is 9.00. The van der Waals surface area contributed by atoms with Crippen molar-refractivity contribution in [1.82, 2.24) is 10.2 Å². The van der Waals surface area contributed by atoms with Gasteiger partial charge in [0, 0.05) is 19.6 Å². The second-order valence-electron chi connectivity index (χ2n) is 4.65. The molecule has 1 heterocycles. The van der Waals surface area contributed by atoms with Gasteiger partial charge in [-0.2, -0.15) is 5.26 Å². The van der Waals surface area contributed by atoms with Crippen molar-refractivity contribution in [1.29, 1.82) is 5.26 Å². The Bertz CT molecular complexity index is 210. The Balaban J connectivity index is 2.04. The minimum atomic E-state index is 0.101. The lowest BCUT2D eigenvalue weighted by Gasteiger charge is -2.31. The summed E-state index contributed by atoms with van der Waals surface area (Å²) in [5, 5.41) is 12.3. The van der Waals surface area contributed by atoms with Crippen molar-refractivity contribution in [2.75, 3.05) is 26.2 Å². The van der Waals surface area contributed by atoms with Crippen LogP contribution in [0.3, 0.4) is 0 Å². The smallest absolute Gasteiger partial charge is 0.110 e. The van der Waals surface area contributed by atoms with Gasteiger partial charge in [0.1, 0.15) is 6.04 Å². The minimum Gasteiger partial charge on any atom is -0.313 e. The molecule has 1 atom stereocenters. The molecule has 0 aromatic rings. The van der Waals surface area contributed by atoms with Crippen LogP contribution in [0.15, 0.2) is 0 Å². The molecule has 1 unspecified atom stereocenters. The van der Waals surface area contributed by atoms with Gasteiger partial charge in [0.25, 0.3) is 0 Å². The van der Waals surface area contributed by atoms with E-state index < -0.39 is 0 Å². The highest BCUT2D eigenvalue weighted by Gasteiger charge is 2.20. The Labute approximate surface area is 99.8 Å². The maximum Gasteiger partial charge on any atom is 0.110 e. The van der Waals surface area contributed by atoms with E-state index in [1.165, 1.54) is 38.5 Å². The highest BCUT2D eigenvalue weighted by atomic mass is 15.2. The Hall–Kier alpha value is -0.590. The van der Waals surface area contributed by atoms with E-state index in [1.807, 2.05) is 0 Å². The summed E-state index contributed by atoms with van der Waals surface area (Å²) >= 11 is 0. The largest absolute Gasteiger partial charge is 0.313 e. The standard InChI is InChI=1S/C13H25N3/c1-2-3-4-5-6-7-9-16-10-8-15-12-13(16)11-14/h13,15H,2-10,12H2,1H3. The molecule has 1 rings (SSSR count). The van der Waals surface area contributed by atoms with Crippen LogP contribution in [0.25, 0.3) is 0 Å². The lowest BCUT2D eigenvalue weighted by molar-refractivity contribution is 0.193. The van der Waals surface area contributed by atoms with Crippen molar-refractivity contribution >= 4 is 0 Å². The van der Waals surface area contributed by atoms with E-state index in [9.17, 15) is 0 Å². The summed E-state index contributed by atoms with van der Waals surface area (Å²) in [6, 6.07) is 2.48. The molecule has 0 amide bonds. The minimum absolute atomic E-state index is 0.101. The fourth-order valence-electron chi connectivity index (χ4n) is 2.24. The number of hydrogen-bond acceptors (Lipinski definition) is 3. The Morgan fingerprint density at radius 1 is 1.25 bits per heavy atom. The molecule has 1 N–H and O–H groups in total. The zero-order valence-corrected chi connectivity index (χ0v) is 10.5. The zero-order valence-electron chi connectivity index (χ0n) is 10.5. The van der Waals surface area contributed by atoms with Crippen LogP contribution in [0.5, 0.6) is 0 Å². The molecule has 0 saturated carbocycles. The Kier molecular flexibility index (Phi) is 7.20. The van der Waals surface area contributed by atoms with E-state index in [-0.39, 0.29) is 6.04 Å². The summed E-state index contributed by atoms with van der Waals surface area (Å²) in [5.74, 6) is 0. The molecule has 0 spiro atoms. The van der Waals surface area contributed by atoms with Gasteiger partial charge >= 0.3 is 0 Å². The molecule has 0 aromatic heterocycles. The van der Waals surface area contributed by atoms with E-state index in [0.29, 0.717) is 0 Å². The molecule has 0 aromatic carbocycles. The summed E-state index contributed by atoms with van der Waals surface area (Å²) in [7, 11) is 0. The summed E-state index contributed by atoms with van der Waals surface area (Å²) in [5.41, 5.74) is 0. The first-order valence-electron chi connectivity index (χ1n) is 6.73. The third-order valence-corrected chi connectivity index (χ3v) is 3.30. The predicted molar refractivity (Wildman–Crippen MR) is 67.2 cm³/mol. The Morgan fingerprint density at radius 3 is 2.75 bits per heavy atom. The first kappa shape index (κ1) is 13.5. The van der Waals surface area contributed by atoms with Crippen molar-refractivity contribution in [3.8, 4) is 6.07 Å². The topological polar surface area (TPSA) is 39.1 Å². The maximum absolute atomic E-state index is 9.00. The number of piperazine rings is 1. The molecule has 3 heteroatoms. The number of hydrogen-bond donors (Lipinski definition) is 1. The van der Waals surface area contributed by atoms with Crippen molar-refractivity contribution in [2.24, 2.45) is 0 Å². The zero-order chi connectivity index (χ0) is 11.6. The number of unbranched alkanes of at least 4 members (excludes halogenated alkanes) is 5. The summed E-state index contributed by atoms with van der Waals surface area (Å²) in [6.07, 6.45) is 7.99. The summed E-state index contributed by atoms with van der Waals surface area (Å²) in [6.45, 7) is 6.26. The molecule has 1 aliphatic heterocycles. The van der Waals surface area contributed by atoms with Crippen LogP contribution in [0.4, 0.5) is 0 Å². The molecular formula is C13H25N3. The molecular weight excluding hydrogens is 198 g/mol. The van der Waals surface area contributed by atoms with E-state index in [4.69, 9.17) is 5.26 Å².